The van der Waals surface area contributed by atoms with Crippen molar-refractivity contribution in [1.29, 1.82) is 0 Å². The molecule has 2 aromatic rings. The molecule has 0 amide bonds. The molecular weight excluding hydrogens is 274 g/mol. The highest BCUT2D eigenvalue weighted by Gasteiger charge is 2.12. The Kier molecular flexibility index (Phi) is 4.31. The van der Waals surface area contributed by atoms with E-state index < -0.39 is 11.6 Å². The van der Waals surface area contributed by atoms with Crippen molar-refractivity contribution in [1.82, 2.24) is 0 Å². The second-order valence-corrected chi connectivity index (χ2v) is 5.14. The van der Waals surface area contributed by atoms with Gasteiger partial charge in [-0.1, -0.05) is 6.07 Å². The van der Waals surface area contributed by atoms with Gasteiger partial charge in [0.2, 0.25) is 0 Å². The molecule has 0 saturated carbocycles. The van der Waals surface area contributed by atoms with Crippen molar-refractivity contribution in [2.45, 2.75) is 26.9 Å². The normalized spacial score (nSPS) is 10.8. The Balaban J connectivity index is 2.36. The maximum absolute atomic E-state index is 14.0. The van der Waals surface area contributed by atoms with Crippen LogP contribution in [0.15, 0.2) is 30.3 Å². The molecule has 0 aromatic heterocycles. The average Bonchev–Trinajstić information content (AvgIpc) is 2.38. The van der Waals surface area contributed by atoms with E-state index in [1.165, 1.54) is 12.1 Å². The quantitative estimate of drug-likeness (QED) is 0.822. The number of ether oxygens (including phenoxy) is 1. The first-order valence-electron chi connectivity index (χ1n) is 6.65. The third-order valence-electron chi connectivity index (χ3n) is 2.85. The summed E-state index contributed by atoms with van der Waals surface area (Å²) in [6.45, 7) is 5.35. The molecule has 5 heteroatoms. The first-order chi connectivity index (χ1) is 9.86. The molecule has 0 aliphatic carbocycles. The molecule has 0 heterocycles. The Morgan fingerprint density at radius 2 is 1.86 bits per heavy atom. The maximum atomic E-state index is 14.0. The van der Waals surface area contributed by atoms with E-state index in [-0.39, 0.29) is 11.8 Å². The average molecular weight is 292 g/mol. The number of aryl methyl sites for hydroxylation is 1. The minimum Gasteiger partial charge on any atom is -0.491 e. The van der Waals surface area contributed by atoms with E-state index in [1.807, 2.05) is 13.8 Å². The summed E-state index contributed by atoms with van der Waals surface area (Å²) in [4.78, 5) is 0. The Morgan fingerprint density at radius 3 is 2.52 bits per heavy atom. The summed E-state index contributed by atoms with van der Waals surface area (Å²) in [5, 5.41) is 2.73. The summed E-state index contributed by atoms with van der Waals surface area (Å²) in [7, 11) is 0. The lowest BCUT2D eigenvalue weighted by Gasteiger charge is -2.14. The molecule has 0 bridgehead atoms. The fraction of sp³-hybridized carbons (Fsp3) is 0.250. The molecule has 0 spiro atoms. The zero-order chi connectivity index (χ0) is 15.6. The van der Waals surface area contributed by atoms with Crippen LogP contribution in [0.1, 0.15) is 19.4 Å². The van der Waals surface area contributed by atoms with Crippen LogP contribution in [0, 0.1) is 18.6 Å². The summed E-state index contributed by atoms with van der Waals surface area (Å²) >= 11 is 0. The van der Waals surface area contributed by atoms with Crippen molar-refractivity contribution < 1.29 is 13.5 Å². The van der Waals surface area contributed by atoms with Gasteiger partial charge in [0.05, 0.1) is 6.10 Å². The standard InChI is InChI=1S/C16H18F2N2O/c1-9(2)21-13-7-11(19)6-12(8-13)20-16-14(17)5-4-10(3)15(16)18/h4-9,20H,19H2,1-3H3. The fourth-order valence-electron chi connectivity index (χ4n) is 1.95. The zero-order valence-corrected chi connectivity index (χ0v) is 12.2. The van der Waals surface area contributed by atoms with Crippen LogP contribution in [0.25, 0.3) is 0 Å². The first kappa shape index (κ1) is 15.1. The number of benzene rings is 2. The maximum Gasteiger partial charge on any atom is 0.152 e. The van der Waals surface area contributed by atoms with Gasteiger partial charge in [-0.3, -0.25) is 0 Å². The molecule has 0 saturated heterocycles. The van der Waals surface area contributed by atoms with Gasteiger partial charge in [0, 0.05) is 23.5 Å². The molecule has 2 rings (SSSR count). The van der Waals surface area contributed by atoms with Gasteiger partial charge in [-0.2, -0.15) is 0 Å². The molecule has 0 aliphatic rings. The second-order valence-electron chi connectivity index (χ2n) is 5.14. The number of nitrogens with two attached hydrogens (primary N) is 1. The summed E-state index contributed by atoms with van der Waals surface area (Å²) in [6, 6.07) is 7.52. The number of hydrogen-bond acceptors (Lipinski definition) is 3. The lowest BCUT2D eigenvalue weighted by molar-refractivity contribution is 0.242. The lowest BCUT2D eigenvalue weighted by Crippen LogP contribution is -2.06. The predicted octanol–water partition coefficient (Wildman–Crippen LogP) is 4.39. The van der Waals surface area contributed by atoms with E-state index >= 15 is 0 Å². The van der Waals surface area contributed by atoms with E-state index in [1.54, 1.807) is 25.1 Å². The minimum absolute atomic E-state index is 0.0212. The van der Waals surface area contributed by atoms with Crippen LogP contribution in [0.4, 0.5) is 25.8 Å². The van der Waals surface area contributed by atoms with Crippen LogP contribution in [0.3, 0.4) is 0 Å². The smallest absolute Gasteiger partial charge is 0.152 e. The Morgan fingerprint density at radius 1 is 1.14 bits per heavy atom. The highest BCUT2D eigenvalue weighted by molar-refractivity contribution is 5.67. The van der Waals surface area contributed by atoms with Gasteiger partial charge >= 0.3 is 0 Å². The molecule has 112 valence electrons. The van der Waals surface area contributed by atoms with E-state index in [2.05, 4.69) is 5.32 Å². The summed E-state index contributed by atoms with van der Waals surface area (Å²) in [5.74, 6) is -0.739. The molecule has 0 unspecified atom stereocenters. The Hall–Kier alpha value is -2.30. The number of halogens is 2. The van der Waals surface area contributed by atoms with Crippen molar-refractivity contribution in [3.8, 4) is 5.75 Å². The van der Waals surface area contributed by atoms with Gasteiger partial charge in [-0.25, -0.2) is 8.78 Å². The van der Waals surface area contributed by atoms with Crippen LogP contribution >= 0.6 is 0 Å². The topological polar surface area (TPSA) is 47.3 Å². The predicted molar refractivity (Wildman–Crippen MR) is 81.0 cm³/mol. The minimum atomic E-state index is -0.660. The number of hydrogen-bond donors (Lipinski definition) is 2. The fourth-order valence-corrected chi connectivity index (χ4v) is 1.95. The molecule has 21 heavy (non-hydrogen) atoms. The van der Waals surface area contributed by atoms with E-state index in [0.29, 0.717) is 22.7 Å². The van der Waals surface area contributed by atoms with E-state index in [9.17, 15) is 8.78 Å². The highest BCUT2D eigenvalue weighted by atomic mass is 19.1. The van der Waals surface area contributed by atoms with Crippen molar-refractivity contribution in [2.75, 3.05) is 11.1 Å². The number of rotatable bonds is 4. The molecule has 3 N–H and O–H groups in total. The van der Waals surface area contributed by atoms with Gasteiger partial charge in [-0.15, -0.1) is 0 Å². The largest absolute Gasteiger partial charge is 0.491 e. The van der Waals surface area contributed by atoms with Gasteiger partial charge in [0.25, 0.3) is 0 Å². The van der Waals surface area contributed by atoms with E-state index in [0.717, 1.165) is 0 Å². The van der Waals surface area contributed by atoms with Crippen LogP contribution in [0.2, 0.25) is 0 Å². The monoisotopic (exact) mass is 292 g/mol. The van der Waals surface area contributed by atoms with Crippen molar-refractivity contribution in [3.63, 3.8) is 0 Å². The highest BCUT2D eigenvalue weighted by Crippen LogP contribution is 2.29. The summed E-state index contributed by atoms with van der Waals surface area (Å²) < 4.78 is 33.3. The first-order valence-corrected chi connectivity index (χ1v) is 6.65. The zero-order valence-electron chi connectivity index (χ0n) is 12.2. The SMILES string of the molecule is Cc1ccc(F)c(Nc2cc(N)cc(OC(C)C)c2)c1F. The molecule has 0 aliphatic heterocycles. The molecule has 0 fully saturated rings. The molecular formula is C16H18F2N2O. The summed E-state index contributed by atoms with van der Waals surface area (Å²) in [5.41, 5.74) is 6.87. The second kappa shape index (κ2) is 5.99. The number of nitrogens with one attached hydrogen (secondary N) is 1. The lowest BCUT2D eigenvalue weighted by atomic mass is 10.2. The van der Waals surface area contributed by atoms with Gasteiger partial charge in [0.15, 0.2) is 5.82 Å². The number of nitrogen functional groups attached to an aromatic ring is 1. The molecule has 0 radical (unpaired) electrons. The molecule has 0 atom stereocenters. The van der Waals surface area contributed by atoms with Crippen LogP contribution in [-0.4, -0.2) is 6.10 Å². The van der Waals surface area contributed by atoms with Crippen molar-refractivity contribution in [2.24, 2.45) is 0 Å². The third-order valence-corrected chi connectivity index (χ3v) is 2.85. The molecule has 3 nitrogen and oxygen atoms in total. The van der Waals surface area contributed by atoms with Gasteiger partial charge in [-0.05, 0) is 38.5 Å². The van der Waals surface area contributed by atoms with Crippen molar-refractivity contribution >= 4 is 17.1 Å². The van der Waals surface area contributed by atoms with E-state index in [4.69, 9.17) is 10.5 Å². The summed E-state index contributed by atoms with van der Waals surface area (Å²) in [6.07, 6.45) is -0.0212. The van der Waals surface area contributed by atoms with Crippen molar-refractivity contribution in [3.05, 3.63) is 47.5 Å². The third kappa shape index (κ3) is 3.62. The van der Waals surface area contributed by atoms with Gasteiger partial charge in [0.1, 0.15) is 17.3 Å². The van der Waals surface area contributed by atoms with Crippen LogP contribution in [-0.2, 0) is 0 Å². The van der Waals surface area contributed by atoms with Crippen LogP contribution < -0.4 is 15.8 Å². The van der Waals surface area contributed by atoms with Crippen LogP contribution in [0.5, 0.6) is 5.75 Å². The Bertz CT molecular complexity index is 657. The Labute approximate surface area is 122 Å². The number of anilines is 3. The molecule has 2 aromatic carbocycles. The van der Waals surface area contributed by atoms with Gasteiger partial charge < -0.3 is 15.8 Å².